The minimum atomic E-state index is -1.12. The molecule has 0 radical (unpaired) electrons. The van der Waals surface area contributed by atoms with Crippen LogP contribution in [-0.2, 0) is 20.7 Å². The molecule has 3 aliphatic rings. The van der Waals surface area contributed by atoms with Crippen LogP contribution in [0.15, 0.2) is 59.0 Å². The predicted octanol–water partition coefficient (Wildman–Crippen LogP) is 4.47. The molecule has 3 amide bonds. The van der Waals surface area contributed by atoms with Crippen LogP contribution in [0, 0.1) is 11.8 Å². The number of nitrogens with zero attached hydrogens (tertiary/aromatic N) is 1. The quantitative estimate of drug-likeness (QED) is 0.266. The highest BCUT2D eigenvalue weighted by molar-refractivity contribution is 6.01. The van der Waals surface area contributed by atoms with E-state index in [2.05, 4.69) is 20.9 Å². The van der Waals surface area contributed by atoms with Crippen molar-refractivity contribution in [3.05, 3.63) is 65.9 Å². The summed E-state index contributed by atoms with van der Waals surface area (Å²) < 4.78 is 16.6. The Morgan fingerprint density at radius 1 is 0.957 bits per heavy atom. The number of hydrogen-bond acceptors (Lipinski definition) is 7. The van der Waals surface area contributed by atoms with Crippen LogP contribution in [0.25, 0.3) is 11.0 Å². The number of nitrogens with one attached hydrogen (secondary N) is 3. The van der Waals surface area contributed by atoms with E-state index in [-0.39, 0.29) is 17.6 Å². The maximum Gasteiger partial charge on any atom is 0.287 e. The van der Waals surface area contributed by atoms with Crippen molar-refractivity contribution >= 4 is 28.7 Å². The van der Waals surface area contributed by atoms with Crippen LogP contribution in [0.3, 0.4) is 0 Å². The van der Waals surface area contributed by atoms with Crippen molar-refractivity contribution in [2.75, 3.05) is 46.5 Å². The molecular formula is C37H48N4O6. The molecule has 0 bridgehead atoms. The molecule has 1 saturated carbocycles. The second-order valence-corrected chi connectivity index (χ2v) is 13.5. The number of benzene rings is 2. The molecule has 3 aromatic rings. The van der Waals surface area contributed by atoms with Gasteiger partial charge in [0.2, 0.25) is 11.8 Å². The number of fused-ring (bicyclic) bond motifs is 1. The number of methoxy groups -OCH3 is 1. The van der Waals surface area contributed by atoms with Crippen LogP contribution in [0.1, 0.15) is 67.5 Å². The van der Waals surface area contributed by atoms with Crippen molar-refractivity contribution in [3.8, 4) is 5.75 Å². The Labute approximate surface area is 276 Å². The number of furan rings is 1. The summed E-state index contributed by atoms with van der Waals surface area (Å²) in [5, 5.41) is 9.97. The van der Waals surface area contributed by atoms with Gasteiger partial charge in [0.1, 0.15) is 22.9 Å². The van der Waals surface area contributed by atoms with Gasteiger partial charge in [0.25, 0.3) is 5.91 Å². The smallest absolute Gasteiger partial charge is 0.287 e. The van der Waals surface area contributed by atoms with Crippen LogP contribution in [0.5, 0.6) is 5.75 Å². The monoisotopic (exact) mass is 644 g/mol. The van der Waals surface area contributed by atoms with E-state index in [4.69, 9.17) is 13.9 Å². The number of carbonyl (C=O) groups is 3. The van der Waals surface area contributed by atoms with Gasteiger partial charge < -0.3 is 34.7 Å². The third-order valence-corrected chi connectivity index (χ3v) is 10.2. The van der Waals surface area contributed by atoms with Gasteiger partial charge >= 0.3 is 0 Å². The zero-order valence-electron chi connectivity index (χ0n) is 27.4. The van der Waals surface area contributed by atoms with Crippen LogP contribution in [-0.4, -0.2) is 80.7 Å². The van der Waals surface area contributed by atoms with E-state index in [1.54, 1.807) is 31.4 Å². The van der Waals surface area contributed by atoms with E-state index in [1.165, 1.54) is 0 Å². The van der Waals surface area contributed by atoms with Gasteiger partial charge in [-0.2, -0.15) is 0 Å². The molecule has 252 valence electrons. The van der Waals surface area contributed by atoms with E-state index >= 15 is 0 Å². The van der Waals surface area contributed by atoms with Crippen molar-refractivity contribution in [2.45, 2.75) is 69.4 Å². The van der Waals surface area contributed by atoms with Crippen molar-refractivity contribution in [1.29, 1.82) is 0 Å². The van der Waals surface area contributed by atoms with E-state index in [1.807, 2.05) is 30.3 Å². The molecule has 2 aliphatic heterocycles. The maximum atomic E-state index is 14.0. The number of amides is 3. The summed E-state index contributed by atoms with van der Waals surface area (Å²) in [6.07, 6.45) is 7.32. The second-order valence-electron chi connectivity index (χ2n) is 13.5. The molecule has 3 heterocycles. The number of ether oxygens (including phenoxy) is 2. The van der Waals surface area contributed by atoms with Crippen molar-refractivity contribution in [3.63, 3.8) is 0 Å². The lowest BCUT2D eigenvalue weighted by atomic mass is 9.93. The second kappa shape index (κ2) is 15.3. The molecular weight excluding hydrogens is 596 g/mol. The summed E-state index contributed by atoms with van der Waals surface area (Å²) in [6.45, 7) is 5.56. The Morgan fingerprint density at radius 2 is 1.70 bits per heavy atom. The SMILES string of the molecule is COc1ccc2oc(C(=O)NC3(C(=O)N[C@H](Cc4ccccc4)C(=O)NCC4CCN(CC5CCOCC5)CC4)CCCC3)cc2c1. The number of hydrogen-bond donors (Lipinski definition) is 3. The maximum absolute atomic E-state index is 14.0. The van der Waals surface area contributed by atoms with E-state index in [9.17, 15) is 14.4 Å². The summed E-state index contributed by atoms with van der Waals surface area (Å²) in [5.74, 6) is 0.932. The Kier molecular flexibility index (Phi) is 10.8. The molecule has 1 atom stereocenters. The average molecular weight is 645 g/mol. The summed E-state index contributed by atoms with van der Waals surface area (Å²) in [6, 6.07) is 15.9. The zero-order valence-corrected chi connectivity index (χ0v) is 27.4. The number of carbonyl (C=O) groups excluding carboxylic acids is 3. The van der Waals surface area contributed by atoms with Gasteiger partial charge in [-0.15, -0.1) is 0 Å². The lowest BCUT2D eigenvalue weighted by molar-refractivity contribution is -0.132. The Bertz CT molecular complexity index is 1500. The Hall–Kier alpha value is -3.89. The number of likely N-dealkylation sites (tertiary alicyclic amines) is 1. The molecule has 10 heteroatoms. The summed E-state index contributed by atoms with van der Waals surface area (Å²) in [7, 11) is 1.58. The third kappa shape index (κ3) is 8.34. The van der Waals surface area contributed by atoms with Crippen LogP contribution in [0.4, 0.5) is 0 Å². The van der Waals surface area contributed by atoms with Crippen LogP contribution < -0.4 is 20.7 Å². The largest absolute Gasteiger partial charge is 0.497 e. The highest BCUT2D eigenvalue weighted by atomic mass is 16.5. The van der Waals surface area contributed by atoms with Gasteiger partial charge in [-0.25, -0.2) is 0 Å². The topological polar surface area (TPSA) is 122 Å². The minimum absolute atomic E-state index is 0.129. The highest BCUT2D eigenvalue weighted by Gasteiger charge is 2.44. The molecule has 6 rings (SSSR count). The first-order valence-corrected chi connectivity index (χ1v) is 17.2. The van der Waals surface area contributed by atoms with Gasteiger partial charge in [0.15, 0.2) is 5.76 Å². The van der Waals surface area contributed by atoms with E-state index in [0.29, 0.717) is 43.1 Å². The molecule has 10 nitrogen and oxygen atoms in total. The average Bonchev–Trinajstić information content (AvgIpc) is 3.76. The normalized spacial score (nSPS) is 19.7. The number of piperidine rings is 1. The molecule has 0 spiro atoms. The first kappa shape index (κ1) is 33.0. The zero-order chi connectivity index (χ0) is 32.6. The first-order valence-electron chi connectivity index (χ1n) is 17.2. The predicted molar refractivity (Wildman–Crippen MR) is 179 cm³/mol. The van der Waals surface area contributed by atoms with Gasteiger partial charge in [-0.05, 0) is 93.3 Å². The molecule has 47 heavy (non-hydrogen) atoms. The lowest BCUT2D eigenvalue weighted by Gasteiger charge is -2.35. The number of rotatable bonds is 12. The minimum Gasteiger partial charge on any atom is -0.497 e. The molecule has 3 fully saturated rings. The van der Waals surface area contributed by atoms with Gasteiger partial charge in [-0.3, -0.25) is 14.4 Å². The van der Waals surface area contributed by atoms with Gasteiger partial charge in [-0.1, -0.05) is 43.2 Å². The Morgan fingerprint density at radius 3 is 2.43 bits per heavy atom. The molecule has 0 unspecified atom stereocenters. The van der Waals surface area contributed by atoms with Crippen LogP contribution in [0.2, 0.25) is 0 Å². The highest BCUT2D eigenvalue weighted by Crippen LogP contribution is 2.32. The van der Waals surface area contributed by atoms with Crippen molar-refractivity contribution in [1.82, 2.24) is 20.9 Å². The molecule has 3 N–H and O–H groups in total. The van der Waals surface area contributed by atoms with Crippen molar-refractivity contribution in [2.24, 2.45) is 11.8 Å². The first-order chi connectivity index (χ1) is 22.9. The third-order valence-electron chi connectivity index (χ3n) is 10.2. The summed E-state index contributed by atoms with van der Waals surface area (Å²) in [5.41, 5.74) is 0.391. The molecule has 1 aliphatic carbocycles. The molecule has 2 saturated heterocycles. The molecule has 2 aromatic carbocycles. The van der Waals surface area contributed by atoms with Gasteiger partial charge in [0, 0.05) is 38.1 Å². The fourth-order valence-electron chi connectivity index (χ4n) is 7.32. The Balaban J connectivity index is 1.08. The standard InChI is InChI=1S/C37H48N4O6/c1-45-30-9-10-32-29(22-30)23-33(47-32)35(43)40-37(15-5-6-16-37)36(44)39-31(21-26-7-3-2-4-8-26)34(42)38-24-27-11-17-41(18-12-27)25-28-13-19-46-20-14-28/h2-4,7-10,22-23,27-28,31H,5-6,11-21,24-25H2,1H3,(H,38,42)(H,39,44)(H,40,43)/t31-/m1/s1. The lowest BCUT2D eigenvalue weighted by Crippen LogP contribution is -2.61. The fraction of sp³-hybridized carbons (Fsp3) is 0.541. The van der Waals surface area contributed by atoms with Crippen molar-refractivity contribution < 1.29 is 28.3 Å². The molecule has 1 aromatic heterocycles. The van der Waals surface area contributed by atoms with Gasteiger partial charge in [0.05, 0.1) is 7.11 Å². The summed E-state index contributed by atoms with van der Waals surface area (Å²) in [4.78, 5) is 43.8. The fourth-order valence-corrected chi connectivity index (χ4v) is 7.32. The van der Waals surface area contributed by atoms with Crippen LogP contribution >= 0.6 is 0 Å². The summed E-state index contributed by atoms with van der Waals surface area (Å²) >= 11 is 0. The van der Waals surface area contributed by atoms with E-state index < -0.39 is 17.5 Å². The van der Waals surface area contributed by atoms with E-state index in [0.717, 1.165) is 88.2 Å².